The van der Waals surface area contributed by atoms with Crippen molar-refractivity contribution in [3.8, 4) is 5.75 Å². The molecule has 0 atom stereocenters. The molecule has 20 heavy (non-hydrogen) atoms. The second kappa shape index (κ2) is 10.6. The van der Waals surface area contributed by atoms with E-state index in [1.54, 1.807) is 14.2 Å². The molecule has 0 aliphatic heterocycles. The van der Waals surface area contributed by atoms with Crippen molar-refractivity contribution in [3.05, 3.63) is 29.3 Å². The van der Waals surface area contributed by atoms with Crippen molar-refractivity contribution in [1.29, 1.82) is 0 Å². The molecule has 1 N–H and O–H groups in total. The monoisotopic (exact) mass is 284 g/mol. The number of benzene rings is 1. The van der Waals surface area contributed by atoms with Crippen molar-refractivity contribution < 1.29 is 24.1 Å². The van der Waals surface area contributed by atoms with Gasteiger partial charge < -0.3 is 24.1 Å². The van der Waals surface area contributed by atoms with Crippen LogP contribution in [0.1, 0.15) is 17.5 Å². The maximum absolute atomic E-state index is 9.13. The lowest BCUT2D eigenvalue weighted by atomic mass is 10.1. The van der Waals surface area contributed by atoms with Crippen molar-refractivity contribution in [1.82, 2.24) is 0 Å². The average molecular weight is 284 g/mol. The quantitative estimate of drug-likeness (QED) is 0.627. The Morgan fingerprint density at radius 2 is 1.80 bits per heavy atom. The Hall–Kier alpha value is -1.14. The number of hydrogen-bond donors (Lipinski definition) is 1. The van der Waals surface area contributed by atoms with Gasteiger partial charge in [0.2, 0.25) is 0 Å². The zero-order valence-electron chi connectivity index (χ0n) is 12.3. The van der Waals surface area contributed by atoms with E-state index in [2.05, 4.69) is 0 Å². The molecule has 0 spiro atoms. The molecule has 5 heteroatoms. The normalized spacial score (nSPS) is 10.8. The molecular weight excluding hydrogens is 260 g/mol. The third kappa shape index (κ3) is 6.34. The van der Waals surface area contributed by atoms with Crippen LogP contribution in [0, 0.1) is 0 Å². The number of ether oxygens (including phenoxy) is 4. The van der Waals surface area contributed by atoms with Crippen LogP contribution in [0.25, 0.3) is 0 Å². The van der Waals surface area contributed by atoms with E-state index in [4.69, 9.17) is 24.1 Å². The molecule has 0 saturated carbocycles. The highest BCUT2D eigenvalue weighted by Crippen LogP contribution is 2.20. The van der Waals surface area contributed by atoms with Crippen LogP contribution in [0.4, 0.5) is 0 Å². The van der Waals surface area contributed by atoms with Crippen LogP contribution >= 0.6 is 0 Å². The summed E-state index contributed by atoms with van der Waals surface area (Å²) in [7, 11) is 3.28. The van der Waals surface area contributed by atoms with Gasteiger partial charge in [-0.2, -0.15) is 0 Å². The highest BCUT2D eigenvalue weighted by atomic mass is 16.5. The Morgan fingerprint density at radius 3 is 2.50 bits per heavy atom. The zero-order chi connectivity index (χ0) is 14.6. The smallest absolute Gasteiger partial charge is 0.124 e. The van der Waals surface area contributed by atoms with Crippen LogP contribution in [0.15, 0.2) is 18.2 Å². The Morgan fingerprint density at radius 1 is 1.00 bits per heavy atom. The summed E-state index contributed by atoms with van der Waals surface area (Å²) >= 11 is 0. The average Bonchev–Trinajstić information content (AvgIpc) is 2.49. The van der Waals surface area contributed by atoms with Crippen molar-refractivity contribution >= 4 is 0 Å². The van der Waals surface area contributed by atoms with Gasteiger partial charge in [-0.1, -0.05) is 6.07 Å². The second-order valence-corrected chi connectivity index (χ2v) is 4.32. The molecule has 0 bridgehead atoms. The first-order chi connectivity index (χ1) is 9.81. The molecule has 114 valence electrons. The van der Waals surface area contributed by atoms with Crippen LogP contribution in [0.5, 0.6) is 5.75 Å². The predicted molar refractivity (Wildman–Crippen MR) is 75.9 cm³/mol. The predicted octanol–water partition coefficient (Wildman–Crippen LogP) is 1.76. The third-order valence-electron chi connectivity index (χ3n) is 2.79. The lowest BCUT2D eigenvalue weighted by molar-refractivity contribution is 0.0480. The summed E-state index contributed by atoms with van der Waals surface area (Å²) in [6.45, 7) is 3.00. The fourth-order valence-corrected chi connectivity index (χ4v) is 1.73. The molecule has 0 fully saturated rings. The van der Waals surface area contributed by atoms with Crippen LogP contribution in [-0.2, 0) is 27.4 Å². The summed E-state index contributed by atoms with van der Waals surface area (Å²) in [5, 5.41) is 9.13. The Bertz CT molecular complexity index is 367. The van der Waals surface area contributed by atoms with Gasteiger partial charge in [0.05, 0.1) is 33.5 Å². The molecule has 1 aromatic rings. The minimum atomic E-state index is 0.0182. The lowest BCUT2D eigenvalue weighted by Gasteiger charge is -2.11. The third-order valence-corrected chi connectivity index (χ3v) is 2.79. The number of aliphatic hydroxyl groups is 1. The summed E-state index contributed by atoms with van der Waals surface area (Å²) in [4.78, 5) is 0. The minimum absolute atomic E-state index is 0.0182. The SMILES string of the molecule is COCCOCCCOCc1cc(CO)ccc1OC. The molecule has 0 saturated heterocycles. The van der Waals surface area contributed by atoms with Gasteiger partial charge in [0, 0.05) is 25.9 Å². The van der Waals surface area contributed by atoms with Crippen molar-refractivity contribution in [3.63, 3.8) is 0 Å². The summed E-state index contributed by atoms with van der Waals surface area (Å²) in [5.41, 5.74) is 1.80. The van der Waals surface area contributed by atoms with Gasteiger partial charge in [-0.05, 0) is 24.1 Å². The van der Waals surface area contributed by atoms with Crippen molar-refractivity contribution in [2.45, 2.75) is 19.6 Å². The standard InChI is InChI=1S/C15H24O5/c1-17-8-9-19-6-3-7-20-12-14-10-13(11-16)4-5-15(14)18-2/h4-5,10,16H,3,6-9,11-12H2,1-2H3. The molecule has 0 aromatic heterocycles. The highest BCUT2D eigenvalue weighted by molar-refractivity contribution is 5.36. The molecule has 5 nitrogen and oxygen atoms in total. The molecule has 0 aliphatic carbocycles. The second-order valence-electron chi connectivity index (χ2n) is 4.32. The number of methoxy groups -OCH3 is 2. The van der Waals surface area contributed by atoms with E-state index in [0.717, 1.165) is 23.3 Å². The molecule has 1 rings (SSSR count). The van der Waals surface area contributed by atoms with E-state index in [1.165, 1.54) is 0 Å². The number of hydrogen-bond acceptors (Lipinski definition) is 5. The van der Waals surface area contributed by atoms with Crippen molar-refractivity contribution in [2.75, 3.05) is 40.6 Å². The summed E-state index contributed by atoms with van der Waals surface area (Å²) in [5.74, 6) is 0.776. The van der Waals surface area contributed by atoms with E-state index in [1.807, 2.05) is 18.2 Å². The topological polar surface area (TPSA) is 57.2 Å². The van der Waals surface area contributed by atoms with Gasteiger partial charge in [-0.15, -0.1) is 0 Å². The molecule has 0 unspecified atom stereocenters. The summed E-state index contributed by atoms with van der Waals surface area (Å²) in [6, 6.07) is 5.58. The van der Waals surface area contributed by atoms with Gasteiger partial charge >= 0.3 is 0 Å². The maximum atomic E-state index is 9.13. The fraction of sp³-hybridized carbons (Fsp3) is 0.600. The first kappa shape index (κ1) is 16.9. The van der Waals surface area contributed by atoms with E-state index in [-0.39, 0.29) is 6.61 Å². The van der Waals surface area contributed by atoms with Crippen LogP contribution in [0.2, 0.25) is 0 Å². The zero-order valence-corrected chi connectivity index (χ0v) is 12.3. The molecule has 0 aliphatic rings. The Balaban J connectivity index is 2.24. The van der Waals surface area contributed by atoms with Crippen LogP contribution in [-0.4, -0.2) is 45.8 Å². The Kier molecular flexibility index (Phi) is 8.98. The van der Waals surface area contributed by atoms with Crippen LogP contribution in [0.3, 0.4) is 0 Å². The fourth-order valence-electron chi connectivity index (χ4n) is 1.73. The van der Waals surface area contributed by atoms with Gasteiger partial charge in [0.25, 0.3) is 0 Å². The molecule has 1 aromatic carbocycles. The van der Waals surface area contributed by atoms with Crippen LogP contribution < -0.4 is 4.74 Å². The molecule has 0 heterocycles. The van der Waals surface area contributed by atoms with E-state index in [9.17, 15) is 0 Å². The largest absolute Gasteiger partial charge is 0.496 e. The summed E-state index contributed by atoms with van der Waals surface area (Å²) in [6.07, 6.45) is 0.839. The van der Waals surface area contributed by atoms with E-state index in [0.29, 0.717) is 33.0 Å². The lowest BCUT2D eigenvalue weighted by Crippen LogP contribution is -2.06. The van der Waals surface area contributed by atoms with Crippen molar-refractivity contribution in [2.24, 2.45) is 0 Å². The van der Waals surface area contributed by atoms with Gasteiger partial charge in [-0.3, -0.25) is 0 Å². The van der Waals surface area contributed by atoms with E-state index >= 15 is 0 Å². The Labute approximate surface area is 120 Å². The maximum Gasteiger partial charge on any atom is 0.124 e. The number of rotatable bonds is 11. The molecule has 0 radical (unpaired) electrons. The first-order valence-corrected chi connectivity index (χ1v) is 6.73. The molecular formula is C15H24O5. The number of aliphatic hydroxyl groups excluding tert-OH is 1. The van der Waals surface area contributed by atoms with Gasteiger partial charge in [-0.25, -0.2) is 0 Å². The summed E-state index contributed by atoms with van der Waals surface area (Å²) < 4.78 is 21.1. The van der Waals surface area contributed by atoms with Gasteiger partial charge in [0.15, 0.2) is 0 Å². The van der Waals surface area contributed by atoms with Gasteiger partial charge in [0.1, 0.15) is 5.75 Å². The highest BCUT2D eigenvalue weighted by Gasteiger charge is 2.04. The first-order valence-electron chi connectivity index (χ1n) is 6.73. The van der Waals surface area contributed by atoms with E-state index < -0.39 is 0 Å². The molecule has 0 amide bonds. The minimum Gasteiger partial charge on any atom is -0.496 e.